The van der Waals surface area contributed by atoms with Gasteiger partial charge in [0.2, 0.25) is 0 Å². The number of hydrogen-bond donors (Lipinski definition) is 2. The molecule has 0 bridgehead atoms. The summed E-state index contributed by atoms with van der Waals surface area (Å²) in [5.41, 5.74) is 5.82. The van der Waals surface area contributed by atoms with Gasteiger partial charge in [-0.05, 0) is 13.0 Å². The Morgan fingerprint density at radius 3 is 2.95 bits per heavy atom. The second kappa shape index (κ2) is 5.23. The van der Waals surface area contributed by atoms with Crippen LogP contribution in [0.2, 0.25) is 5.02 Å². The molecule has 3 N–H and O–H groups in total. The van der Waals surface area contributed by atoms with Gasteiger partial charge in [-0.3, -0.25) is 4.79 Å². The quantitative estimate of drug-likeness (QED) is 0.872. The molecule has 0 saturated heterocycles. The number of rotatable bonds is 3. The molecule has 19 heavy (non-hydrogen) atoms. The van der Waals surface area contributed by atoms with Gasteiger partial charge >= 0.3 is 0 Å². The van der Waals surface area contributed by atoms with E-state index in [1.165, 1.54) is 12.3 Å². The zero-order valence-electron chi connectivity index (χ0n) is 10.5. The Morgan fingerprint density at radius 1 is 1.58 bits per heavy atom. The molecular formula is C11H13ClN6O. The maximum absolute atomic E-state index is 12.1. The summed E-state index contributed by atoms with van der Waals surface area (Å²) in [6, 6.07) is 1.13. The lowest BCUT2D eigenvalue weighted by molar-refractivity contribution is 0.0938. The molecule has 2 aromatic rings. The monoisotopic (exact) mass is 280 g/mol. The van der Waals surface area contributed by atoms with Crippen LogP contribution >= 0.6 is 11.6 Å². The van der Waals surface area contributed by atoms with Gasteiger partial charge < -0.3 is 15.6 Å². The van der Waals surface area contributed by atoms with Crippen molar-refractivity contribution in [3.63, 3.8) is 0 Å². The van der Waals surface area contributed by atoms with Crippen LogP contribution in [0.4, 0.5) is 5.82 Å². The summed E-state index contributed by atoms with van der Waals surface area (Å²) in [7, 11) is 1.80. The minimum absolute atomic E-state index is 0.237. The first kappa shape index (κ1) is 13.3. The Hall–Kier alpha value is -2.15. The van der Waals surface area contributed by atoms with Crippen molar-refractivity contribution in [3.8, 4) is 0 Å². The fraction of sp³-hybridized carbons (Fsp3) is 0.273. The Bertz CT molecular complexity index is 611. The Balaban J connectivity index is 2.17. The van der Waals surface area contributed by atoms with E-state index in [0.717, 1.165) is 0 Å². The summed E-state index contributed by atoms with van der Waals surface area (Å²) in [6.07, 6.45) is 2.91. The van der Waals surface area contributed by atoms with E-state index in [9.17, 15) is 4.79 Å². The molecule has 0 saturated carbocycles. The minimum atomic E-state index is -0.338. The highest BCUT2D eigenvalue weighted by Crippen LogP contribution is 2.18. The van der Waals surface area contributed by atoms with E-state index < -0.39 is 0 Å². The number of anilines is 1. The van der Waals surface area contributed by atoms with Crippen LogP contribution in [-0.4, -0.2) is 25.7 Å². The van der Waals surface area contributed by atoms with Crippen LogP contribution in [0.3, 0.4) is 0 Å². The summed E-state index contributed by atoms with van der Waals surface area (Å²) in [5, 5.41) is 10.7. The fourth-order valence-electron chi connectivity index (χ4n) is 1.65. The lowest BCUT2D eigenvalue weighted by Gasteiger charge is -2.13. The van der Waals surface area contributed by atoms with E-state index in [0.29, 0.717) is 5.82 Å². The van der Waals surface area contributed by atoms with Crippen LogP contribution in [0.1, 0.15) is 29.1 Å². The van der Waals surface area contributed by atoms with Crippen molar-refractivity contribution >= 4 is 23.3 Å². The molecular weight excluding hydrogens is 268 g/mol. The fourth-order valence-corrected chi connectivity index (χ4v) is 1.84. The Morgan fingerprint density at radius 2 is 2.32 bits per heavy atom. The van der Waals surface area contributed by atoms with E-state index in [-0.39, 0.29) is 28.4 Å². The molecule has 100 valence electrons. The van der Waals surface area contributed by atoms with Crippen LogP contribution in [0.25, 0.3) is 0 Å². The highest BCUT2D eigenvalue weighted by molar-refractivity contribution is 6.33. The number of hydrogen-bond acceptors (Lipinski definition) is 5. The van der Waals surface area contributed by atoms with E-state index in [4.69, 9.17) is 17.3 Å². The first-order chi connectivity index (χ1) is 8.99. The number of nitrogens with zero attached hydrogens (tertiary/aromatic N) is 4. The second-order valence-electron chi connectivity index (χ2n) is 4.08. The van der Waals surface area contributed by atoms with Crippen LogP contribution < -0.4 is 11.1 Å². The summed E-state index contributed by atoms with van der Waals surface area (Å²) in [6.45, 7) is 1.81. The Labute approximate surface area is 114 Å². The van der Waals surface area contributed by atoms with Gasteiger partial charge in [-0.15, -0.1) is 10.2 Å². The average Bonchev–Trinajstić information content (AvgIpc) is 2.78. The number of carbonyl (C=O) groups is 1. The summed E-state index contributed by atoms with van der Waals surface area (Å²) in [4.78, 5) is 15.9. The van der Waals surface area contributed by atoms with E-state index in [1.54, 1.807) is 24.9 Å². The van der Waals surface area contributed by atoms with Crippen molar-refractivity contribution in [2.45, 2.75) is 13.0 Å². The Kier molecular flexibility index (Phi) is 3.66. The van der Waals surface area contributed by atoms with Crippen LogP contribution in [-0.2, 0) is 7.05 Å². The van der Waals surface area contributed by atoms with Crippen LogP contribution in [0.5, 0.6) is 0 Å². The topological polar surface area (TPSA) is 98.7 Å². The third-order valence-corrected chi connectivity index (χ3v) is 2.90. The van der Waals surface area contributed by atoms with Gasteiger partial charge in [0.1, 0.15) is 12.1 Å². The SMILES string of the molecule is CC(NC(=O)c1cc(N)ncc1Cl)c1nncn1C. The molecule has 2 heterocycles. The van der Waals surface area contributed by atoms with E-state index >= 15 is 0 Å². The largest absolute Gasteiger partial charge is 0.384 e. The molecule has 7 nitrogen and oxygen atoms in total. The number of nitrogens with two attached hydrogens (primary N) is 1. The van der Waals surface area contributed by atoms with Crippen LogP contribution in [0.15, 0.2) is 18.6 Å². The predicted octanol–water partition coefficient (Wildman–Crippen LogP) is 0.937. The van der Waals surface area contributed by atoms with Gasteiger partial charge in [-0.2, -0.15) is 0 Å². The van der Waals surface area contributed by atoms with Gasteiger partial charge in [0.15, 0.2) is 5.82 Å². The number of aryl methyl sites for hydroxylation is 1. The lowest BCUT2D eigenvalue weighted by atomic mass is 10.2. The molecule has 1 atom stereocenters. The number of nitrogens with one attached hydrogen (secondary N) is 1. The zero-order chi connectivity index (χ0) is 14.0. The van der Waals surface area contributed by atoms with Gasteiger partial charge in [-0.25, -0.2) is 4.98 Å². The van der Waals surface area contributed by atoms with Crippen molar-refractivity contribution < 1.29 is 4.79 Å². The molecule has 1 unspecified atom stereocenters. The van der Waals surface area contributed by atoms with E-state index in [2.05, 4.69) is 20.5 Å². The van der Waals surface area contributed by atoms with Crippen molar-refractivity contribution in [1.29, 1.82) is 0 Å². The number of nitrogen functional groups attached to an aromatic ring is 1. The van der Waals surface area contributed by atoms with Gasteiger partial charge in [0.05, 0.1) is 16.6 Å². The van der Waals surface area contributed by atoms with Gasteiger partial charge in [-0.1, -0.05) is 11.6 Å². The number of amides is 1. The molecule has 0 aliphatic heterocycles. The zero-order valence-corrected chi connectivity index (χ0v) is 11.2. The normalized spacial score (nSPS) is 12.2. The highest BCUT2D eigenvalue weighted by Gasteiger charge is 2.17. The summed E-state index contributed by atoms with van der Waals surface area (Å²) >= 11 is 5.92. The molecule has 8 heteroatoms. The van der Waals surface area contributed by atoms with Crippen LogP contribution in [0, 0.1) is 0 Å². The molecule has 1 amide bonds. The number of pyridine rings is 1. The van der Waals surface area contributed by atoms with Gasteiger partial charge in [0.25, 0.3) is 5.91 Å². The predicted molar refractivity (Wildman–Crippen MR) is 70.5 cm³/mol. The number of halogens is 1. The number of aromatic nitrogens is 4. The van der Waals surface area contributed by atoms with Crippen molar-refractivity contribution in [1.82, 2.24) is 25.1 Å². The second-order valence-corrected chi connectivity index (χ2v) is 4.49. The highest BCUT2D eigenvalue weighted by atomic mass is 35.5. The molecule has 0 aliphatic rings. The first-order valence-corrected chi connectivity index (χ1v) is 5.92. The third-order valence-electron chi connectivity index (χ3n) is 2.60. The molecule has 2 rings (SSSR count). The maximum atomic E-state index is 12.1. The molecule has 0 radical (unpaired) electrons. The number of carbonyl (C=O) groups excluding carboxylic acids is 1. The first-order valence-electron chi connectivity index (χ1n) is 5.55. The molecule has 0 aromatic carbocycles. The lowest BCUT2D eigenvalue weighted by Crippen LogP contribution is -2.28. The molecule has 0 spiro atoms. The molecule has 0 fully saturated rings. The van der Waals surface area contributed by atoms with Crippen molar-refractivity contribution in [3.05, 3.63) is 35.0 Å². The summed E-state index contributed by atoms with van der Waals surface area (Å²) < 4.78 is 1.73. The van der Waals surface area contributed by atoms with E-state index in [1.807, 2.05) is 0 Å². The minimum Gasteiger partial charge on any atom is -0.384 e. The third kappa shape index (κ3) is 2.82. The molecule has 2 aromatic heterocycles. The average molecular weight is 281 g/mol. The standard InChI is InChI=1S/C11H13ClN6O/c1-6(10-17-15-5-18(10)2)16-11(19)7-3-9(13)14-4-8(7)12/h3-6H,1-2H3,(H2,13,14)(H,16,19). The molecule has 0 aliphatic carbocycles. The van der Waals surface area contributed by atoms with Gasteiger partial charge in [0, 0.05) is 13.2 Å². The van der Waals surface area contributed by atoms with Crippen molar-refractivity contribution in [2.24, 2.45) is 7.05 Å². The smallest absolute Gasteiger partial charge is 0.253 e. The summed E-state index contributed by atoms with van der Waals surface area (Å²) in [5.74, 6) is 0.543. The maximum Gasteiger partial charge on any atom is 0.253 e. The van der Waals surface area contributed by atoms with Crippen molar-refractivity contribution in [2.75, 3.05) is 5.73 Å².